The number of aromatic nitrogens is 1. The summed E-state index contributed by atoms with van der Waals surface area (Å²) in [6.45, 7) is 8.64. The third kappa shape index (κ3) is 3.04. The second kappa shape index (κ2) is 5.57. The summed E-state index contributed by atoms with van der Waals surface area (Å²) in [6.07, 6.45) is 0.796. The molecule has 2 rings (SSSR count). The van der Waals surface area contributed by atoms with Crippen molar-refractivity contribution in [2.24, 2.45) is 0 Å². The van der Waals surface area contributed by atoms with Crippen molar-refractivity contribution in [1.29, 1.82) is 0 Å². The van der Waals surface area contributed by atoms with Gasteiger partial charge in [-0.1, -0.05) is 11.3 Å². The average molecular weight is 298 g/mol. The van der Waals surface area contributed by atoms with E-state index in [4.69, 9.17) is 10.5 Å². The number of nitrogens with two attached hydrogens (primary N) is 1. The third-order valence-corrected chi connectivity index (χ3v) is 4.56. The molecule has 1 fully saturated rings. The molecule has 112 valence electrons. The number of hydrogen-bond donors (Lipinski definition) is 3. The number of thiazole rings is 1. The zero-order valence-electron chi connectivity index (χ0n) is 12.3. The minimum Gasteiger partial charge on any atom is -0.382 e. The molecule has 1 aromatic heterocycles. The van der Waals surface area contributed by atoms with Gasteiger partial charge in [0.1, 0.15) is 10.7 Å². The summed E-state index contributed by atoms with van der Waals surface area (Å²) < 4.78 is 5.52. The Morgan fingerprint density at radius 3 is 2.85 bits per heavy atom. The van der Waals surface area contributed by atoms with Gasteiger partial charge in [-0.05, 0) is 34.1 Å². The van der Waals surface area contributed by atoms with Crippen LogP contribution in [0.1, 0.15) is 43.8 Å². The normalized spacial score (nSPS) is 25.9. The zero-order chi connectivity index (χ0) is 14.9. The molecular weight excluding hydrogens is 276 g/mol. The fourth-order valence-electron chi connectivity index (χ4n) is 2.12. The monoisotopic (exact) mass is 298 g/mol. The van der Waals surface area contributed by atoms with E-state index in [9.17, 15) is 4.79 Å². The Hall–Kier alpha value is -1.34. The number of nitrogen functional groups attached to an aromatic ring is 1. The lowest BCUT2D eigenvalue weighted by molar-refractivity contribution is 0.0730. The molecule has 2 atom stereocenters. The van der Waals surface area contributed by atoms with Crippen LogP contribution < -0.4 is 16.4 Å². The van der Waals surface area contributed by atoms with Crippen molar-refractivity contribution in [3.63, 3.8) is 0 Å². The molecule has 1 saturated heterocycles. The van der Waals surface area contributed by atoms with E-state index < -0.39 is 0 Å². The molecule has 0 aromatic carbocycles. The zero-order valence-corrected chi connectivity index (χ0v) is 13.1. The van der Waals surface area contributed by atoms with E-state index in [1.54, 1.807) is 0 Å². The lowest BCUT2D eigenvalue weighted by Crippen LogP contribution is -2.50. The number of anilines is 2. The van der Waals surface area contributed by atoms with Gasteiger partial charge in [-0.15, -0.1) is 0 Å². The van der Waals surface area contributed by atoms with Crippen LogP contribution in [-0.2, 0) is 4.74 Å². The average Bonchev–Trinajstić information content (AvgIpc) is 2.83. The van der Waals surface area contributed by atoms with E-state index in [2.05, 4.69) is 15.6 Å². The van der Waals surface area contributed by atoms with E-state index in [1.165, 1.54) is 11.3 Å². The Morgan fingerprint density at radius 1 is 1.60 bits per heavy atom. The Balaban J connectivity index is 2.11. The summed E-state index contributed by atoms with van der Waals surface area (Å²) in [6, 6.07) is 0.247. The van der Waals surface area contributed by atoms with Crippen molar-refractivity contribution in [2.45, 2.75) is 51.8 Å². The first-order chi connectivity index (χ1) is 9.32. The quantitative estimate of drug-likeness (QED) is 0.789. The maximum absolute atomic E-state index is 12.4. The van der Waals surface area contributed by atoms with Gasteiger partial charge in [-0.2, -0.15) is 0 Å². The molecule has 1 aliphatic heterocycles. The highest BCUT2D eigenvalue weighted by molar-refractivity contribution is 7.18. The lowest BCUT2D eigenvalue weighted by Gasteiger charge is -2.28. The number of carbonyl (C=O) groups is 1. The maximum Gasteiger partial charge on any atom is 0.265 e. The van der Waals surface area contributed by atoms with Crippen molar-refractivity contribution in [2.75, 3.05) is 17.7 Å². The fourth-order valence-corrected chi connectivity index (χ4v) is 3.04. The largest absolute Gasteiger partial charge is 0.382 e. The molecule has 2 heterocycles. The summed E-state index contributed by atoms with van der Waals surface area (Å²) in [5.74, 6) is 0.0856. The molecule has 0 saturated carbocycles. The number of hydrogen-bond acceptors (Lipinski definition) is 6. The van der Waals surface area contributed by atoms with Crippen LogP contribution >= 0.6 is 11.3 Å². The van der Waals surface area contributed by atoms with Gasteiger partial charge >= 0.3 is 0 Å². The van der Waals surface area contributed by atoms with Gasteiger partial charge in [-0.3, -0.25) is 4.79 Å². The van der Waals surface area contributed by atoms with Gasteiger partial charge in [0.05, 0.1) is 11.6 Å². The number of ether oxygens (including phenoxy) is 1. The first kappa shape index (κ1) is 15.1. The summed E-state index contributed by atoms with van der Waals surface area (Å²) >= 11 is 1.28. The highest BCUT2D eigenvalue weighted by Gasteiger charge is 2.39. The lowest BCUT2D eigenvalue weighted by atomic mass is 9.94. The first-order valence-corrected chi connectivity index (χ1v) is 7.60. The molecule has 0 bridgehead atoms. The Labute approximate surface area is 123 Å². The highest BCUT2D eigenvalue weighted by Crippen LogP contribution is 2.29. The predicted molar refractivity (Wildman–Crippen MR) is 81.2 cm³/mol. The minimum atomic E-state index is -0.348. The van der Waals surface area contributed by atoms with Crippen LogP contribution in [0.4, 0.5) is 10.9 Å². The van der Waals surface area contributed by atoms with Gasteiger partial charge in [0.25, 0.3) is 5.91 Å². The highest BCUT2D eigenvalue weighted by atomic mass is 32.1. The van der Waals surface area contributed by atoms with Crippen LogP contribution in [-0.4, -0.2) is 35.2 Å². The maximum atomic E-state index is 12.4. The molecule has 0 radical (unpaired) electrons. The number of amides is 1. The summed E-state index contributed by atoms with van der Waals surface area (Å²) in [4.78, 5) is 17.0. The van der Waals surface area contributed by atoms with E-state index in [0.29, 0.717) is 16.6 Å². The van der Waals surface area contributed by atoms with Crippen molar-refractivity contribution in [1.82, 2.24) is 10.3 Å². The molecule has 0 spiro atoms. The Bertz CT molecular complexity index is 503. The van der Waals surface area contributed by atoms with E-state index >= 15 is 0 Å². The molecule has 7 heteroatoms. The molecule has 1 aliphatic rings. The molecule has 0 aliphatic carbocycles. The second-order valence-corrected chi connectivity index (χ2v) is 6.67. The number of nitrogens with zero attached hydrogens (tertiary/aromatic N) is 1. The van der Waals surface area contributed by atoms with Crippen molar-refractivity contribution >= 4 is 28.2 Å². The van der Waals surface area contributed by atoms with Crippen molar-refractivity contribution in [3.05, 3.63) is 4.88 Å². The molecule has 20 heavy (non-hydrogen) atoms. The van der Waals surface area contributed by atoms with Crippen LogP contribution in [0.5, 0.6) is 0 Å². The van der Waals surface area contributed by atoms with Crippen LogP contribution in [0.2, 0.25) is 0 Å². The van der Waals surface area contributed by atoms with E-state index in [1.807, 2.05) is 27.7 Å². The van der Waals surface area contributed by atoms with Gasteiger partial charge in [0, 0.05) is 12.6 Å². The van der Waals surface area contributed by atoms with Crippen LogP contribution in [0, 0.1) is 0 Å². The van der Waals surface area contributed by atoms with Gasteiger partial charge in [0.15, 0.2) is 5.13 Å². The van der Waals surface area contributed by atoms with Gasteiger partial charge < -0.3 is 21.1 Å². The molecule has 6 nitrogen and oxygen atoms in total. The smallest absolute Gasteiger partial charge is 0.265 e. The molecule has 2 unspecified atom stereocenters. The summed E-state index contributed by atoms with van der Waals surface area (Å²) in [7, 11) is 0. The number of carbonyl (C=O) groups excluding carboxylic acids is 1. The molecular formula is C13H22N4O2S. The van der Waals surface area contributed by atoms with E-state index in [-0.39, 0.29) is 29.4 Å². The standard InChI is InChI=1S/C13H22N4O2S/c1-7(2)15-12-16-10(14)9(20-12)11(18)17-13(4)5-6-19-8(13)3/h7-8H,5-6,14H2,1-4H3,(H,15,16)(H,17,18). The SMILES string of the molecule is CC(C)Nc1nc(N)c(C(=O)NC2(C)CCOC2C)s1. The third-order valence-electron chi connectivity index (χ3n) is 3.56. The first-order valence-electron chi connectivity index (χ1n) is 6.79. The Morgan fingerprint density at radius 2 is 2.30 bits per heavy atom. The second-order valence-electron chi connectivity index (χ2n) is 5.67. The van der Waals surface area contributed by atoms with Gasteiger partial charge in [-0.25, -0.2) is 4.98 Å². The van der Waals surface area contributed by atoms with Crippen LogP contribution in [0.3, 0.4) is 0 Å². The van der Waals surface area contributed by atoms with Crippen molar-refractivity contribution in [3.8, 4) is 0 Å². The summed E-state index contributed by atoms with van der Waals surface area (Å²) in [5.41, 5.74) is 5.49. The summed E-state index contributed by atoms with van der Waals surface area (Å²) in [5, 5.41) is 6.85. The van der Waals surface area contributed by atoms with Crippen molar-refractivity contribution < 1.29 is 9.53 Å². The minimum absolute atomic E-state index is 0.00569. The van der Waals surface area contributed by atoms with E-state index in [0.717, 1.165) is 6.42 Å². The molecule has 4 N–H and O–H groups in total. The number of nitrogens with one attached hydrogen (secondary N) is 2. The number of rotatable bonds is 4. The fraction of sp³-hybridized carbons (Fsp3) is 0.692. The molecule has 1 amide bonds. The topological polar surface area (TPSA) is 89.3 Å². The Kier molecular flexibility index (Phi) is 4.19. The van der Waals surface area contributed by atoms with Crippen LogP contribution in [0.15, 0.2) is 0 Å². The van der Waals surface area contributed by atoms with Gasteiger partial charge in [0.2, 0.25) is 0 Å². The molecule has 1 aromatic rings. The van der Waals surface area contributed by atoms with Crippen LogP contribution in [0.25, 0.3) is 0 Å². The predicted octanol–water partition coefficient (Wildman–Crippen LogP) is 1.84.